The molecular formula is C23H19N5. The Morgan fingerprint density at radius 1 is 1.04 bits per heavy atom. The van der Waals surface area contributed by atoms with Crippen LogP contribution in [0.25, 0.3) is 32.8 Å². The van der Waals surface area contributed by atoms with Gasteiger partial charge in [-0.1, -0.05) is 43.2 Å². The van der Waals surface area contributed by atoms with E-state index in [1.54, 1.807) is 0 Å². The van der Waals surface area contributed by atoms with Crippen molar-refractivity contribution in [3.05, 3.63) is 60.6 Å². The minimum atomic E-state index is 0.350. The Balaban J connectivity index is 1.58. The summed E-state index contributed by atoms with van der Waals surface area (Å²) in [5, 5.41) is 24.5. The summed E-state index contributed by atoms with van der Waals surface area (Å²) >= 11 is 0. The van der Waals surface area contributed by atoms with Crippen molar-refractivity contribution in [2.75, 3.05) is 11.9 Å². The van der Waals surface area contributed by atoms with Gasteiger partial charge in [-0.05, 0) is 35.4 Å². The van der Waals surface area contributed by atoms with Gasteiger partial charge in [0.05, 0.1) is 11.2 Å². The van der Waals surface area contributed by atoms with Gasteiger partial charge in [-0.25, -0.2) is 0 Å². The number of hydrogen-bond donors (Lipinski definition) is 1. The number of pyridine rings is 1. The molecule has 0 radical (unpaired) electrons. The first-order valence-corrected chi connectivity index (χ1v) is 9.61. The van der Waals surface area contributed by atoms with Gasteiger partial charge in [-0.15, -0.1) is 10.2 Å². The number of nitrogens with one attached hydrogen (secondary N) is 1. The quantitative estimate of drug-likeness (QED) is 0.543. The van der Waals surface area contributed by atoms with Crippen LogP contribution in [0, 0.1) is 17.2 Å². The number of nitrogens with zero attached hydrogens (tertiary/aromatic N) is 4. The Hall–Kier alpha value is -3.52. The van der Waals surface area contributed by atoms with Crippen molar-refractivity contribution in [3.63, 3.8) is 0 Å². The first-order valence-electron chi connectivity index (χ1n) is 9.61. The molecule has 5 nitrogen and oxygen atoms in total. The first kappa shape index (κ1) is 16.6. The normalized spacial score (nSPS) is 13.5. The smallest absolute Gasteiger partial charge is 0.186 e. The number of benzene rings is 2. The van der Waals surface area contributed by atoms with Crippen LogP contribution in [-0.4, -0.2) is 21.7 Å². The van der Waals surface area contributed by atoms with Crippen LogP contribution in [0.3, 0.4) is 0 Å². The van der Waals surface area contributed by atoms with Gasteiger partial charge >= 0.3 is 0 Å². The maximum absolute atomic E-state index is 9.45. The second-order valence-corrected chi connectivity index (χ2v) is 7.33. The molecule has 1 aliphatic rings. The number of hydrogen-bond acceptors (Lipinski definition) is 5. The molecule has 5 rings (SSSR count). The maximum Gasteiger partial charge on any atom is 0.186 e. The fraction of sp³-hybridized carbons (Fsp3) is 0.217. The van der Waals surface area contributed by atoms with Crippen molar-refractivity contribution in [1.29, 1.82) is 5.26 Å². The summed E-state index contributed by atoms with van der Waals surface area (Å²) in [7, 11) is 0. The van der Waals surface area contributed by atoms with Crippen LogP contribution in [0.15, 0.2) is 54.9 Å². The lowest BCUT2D eigenvalue weighted by Gasteiger charge is -2.12. The van der Waals surface area contributed by atoms with Gasteiger partial charge < -0.3 is 5.32 Å². The molecule has 2 heterocycles. The van der Waals surface area contributed by atoms with Gasteiger partial charge in [0.1, 0.15) is 6.07 Å². The number of fused-ring (bicyclic) bond motifs is 2. The molecule has 1 saturated carbocycles. The SMILES string of the molecule is N#Cc1nnc2cc(-c3cncc4ccccc34)ccc2c1NCCC1CC1. The molecule has 1 N–H and O–H groups in total. The molecule has 0 spiro atoms. The Morgan fingerprint density at radius 2 is 1.93 bits per heavy atom. The topological polar surface area (TPSA) is 74.5 Å². The van der Waals surface area contributed by atoms with Gasteiger partial charge in [0.15, 0.2) is 5.69 Å². The maximum atomic E-state index is 9.45. The highest BCUT2D eigenvalue weighted by atomic mass is 15.1. The Labute approximate surface area is 163 Å². The molecule has 0 aliphatic heterocycles. The number of rotatable bonds is 5. The molecule has 4 aromatic rings. The van der Waals surface area contributed by atoms with Gasteiger partial charge in [0.2, 0.25) is 0 Å². The predicted octanol–water partition coefficient (Wildman–Crippen LogP) is 4.93. The standard InChI is InChI=1S/C23H19N5/c24-12-22-23(26-10-9-15-5-6-15)19-8-7-16(11-21(19)27-28-22)20-14-25-13-17-3-1-2-4-18(17)20/h1-4,7-8,11,13-15H,5-6,9-10H2,(H,26,27). The summed E-state index contributed by atoms with van der Waals surface area (Å²) in [6, 6.07) is 16.5. The molecule has 0 atom stereocenters. The molecule has 2 aromatic carbocycles. The highest BCUT2D eigenvalue weighted by Gasteiger charge is 2.21. The zero-order chi connectivity index (χ0) is 18.9. The Morgan fingerprint density at radius 3 is 2.79 bits per heavy atom. The van der Waals surface area contributed by atoms with Crippen LogP contribution >= 0.6 is 0 Å². The van der Waals surface area contributed by atoms with E-state index in [4.69, 9.17) is 0 Å². The fourth-order valence-corrected chi connectivity index (χ4v) is 3.69. The van der Waals surface area contributed by atoms with Gasteiger partial charge in [0.25, 0.3) is 0 Å². The fourth-order valence-electron chi connectivity index (χ4n) is 3.69. The van der Waals surface area contributed by atoms with Crippen LogP contribution in [0.2, 0.25) is 0 Å². The minimum absolute atomic E-state index is 0.350. The Bertz CT molecular complexity index is 1220. The summed E-state index contributed by atoms with van der Waals surface area (Å²) in [5.74, 6) is 0.838. The van der Waals surface area contributed by atoms with Crippen LogP contribution in [0.4, 0.5) is 5.69 Å². The first-order chi connectivity index (χ1) is 13.8. The molecule has 1 aliphatic carbocycles. The van der Waals surface area contributed by atoms with E-state index in [0.29, 0.717) is 5.69 Å². The molecular weight excluding hydrogens is 346 g/mol. The van der Waals surface area contributed by atoms with Crippen molar-refractivity contribution >= 4 is 27.4 Å². The second kappa shape index (κ2) is 6.90. The summed E-state index contributed by atoms with van der Waals surface area (Å²) in [4.78, 5) is 4.39. The van der Waals surface area contributed by atoms with Crippen molar-refractivity contribution in [1.82, 2.24) is 15.2 Å². The summed E-state index contributed by atoms with van der Waals surface area (Å²) in [6.45, 7) is 0.856. The molecule has 136 valence electrons. The van der Waals surface area contributed by atoms with E-state index in [2.05, 4.69) is 44.8 Å². The van der Waals surface area contributed by atoms with E-state index in [-0.39, 0.29) is 0 Å². The molecule has 5 heteroatoms. The van der Waals surface area contributed by atoms with E-state index in [1.165, 1.54) is 12.8 Å². The summed E-state index contributed by atoms with van der Waals surface area (Å²) < 4.78 is 0. The lowest BCUT2D eigenvalue weighted by atomic mass is 9.99. The lowest BCUT2D eigenvalue weighted by Crippen LogP contribution is -2.07. The average molecular weight is 365 g/mol. The van der Waals surface area contributed by atoms with Crippen LogP contribution in [0.5, 0.6) is 0 Å². The van der Waals surface area contributed by atoms with E-state index < -0.39 is 0 Å². The molecule has 0 saturated heterocycles. The third-order valence-corrected chi connectivity index (χ3v) is 5.40. The Kier molecular flexibility index (Phi) is 4.10. The van der Waals surface area contributed by atoms with Gasteiger partial charge in [-0.2, -0.15) is 5.26 Å². The second-order valence-electron chi connectivity index (χ2n) is 7.33. The van der Waals surface area contributed by atoms with Crippen molar-refractivity contribution in [3.8, 4) is 17.2 Å². The molecule has 0 amide bonds. The third kappa shape index (κ3) is 3.03. The third-order valence-electron chi connectivity index (χ3n) is 5.40. The van der Waals surface area contributed by atoms with Crippen molar-refractivity contribution in [2.24, 2.45) is 5.92 Å². The van der Waals surface area contributed by atoms with E-state index >= 15 is 0 Å². The zero-order valence-corrected chi connectivity index (χ0v) is 15.4. The zero-order valence-electron chi connectivity index (χ0n) is 15.4. The van der Waals surface area contributed by atoms with Crippen LogP contribution < -0.4 is 5.32 Å². The van der Waals surface area contributed by atoms with Crippen molar-refractivity contribution in [2.45, 2.75) is 19.3 Å². The highest BCUT2D eigenvalue weighted by Crippen LogP contribution is 2.34. The van der Waals surface area contributed by atoms with Crippen LogP contribution in [-0.2, 0) is 0 Å². The van der Waals surface area contributed by atoms with Gasteiger partial charge in [0, 0.05) is 35.3 Å². The predicted molar refractivity (Wildman–Crippen MR) is 111 cm³/mol. The van der Waals surface area contributed by atoms with Crippen LogP contribution in [0.1, 0.15) is 25.0 Å². The number of aromatic nitrogens is 3. The van der Waals surface area contributed by atoms with Crippen molar-refractivity contribution < 1.29 is 0 Å². The van der Waals surface area contributed by atoms with Gasteiger partial charge in [-0.3, -0.25) is 4.98 Å². The number of nitriles is 1. The lowest BCUT2D eigenvalue weighted by molar-refractivity contribution is 0.760. The van der Waals surface area contributed by atoms with E-state index in [1.807, 2.05) is 36.7 Å². The summed E-state index contributed by atoms with van der Waals surface area (Å²) in [6.07, 6.45) is 7.54. The number of anilines is 1. The highest BCUT2D eigenvalue weighted by molar-refractivity contribution is 6.00. The summed E-state index contributed by atoms with van der Waals surface area (Å²) in [5.41, 5.74) is 4.02. The molecule has 0 unspecified atom stereocenters. The largest absolute Gasteiger partial charge is 0.382 e. The van der Waals surface area contributed by atoms with E-state index in [9.17, 15) is 5.26 Å². The molecule has 0 bridgehead atoms. The molecule has 2 aromatic heterocycles. The molecule has 28 heavy (non-hydrogen) atoms. The minimum Gasteiger partial charge on any atom is -0.382 e. The van der Waals surface area contributed by atoms with E-state index in [0.717, 1.165) is 57.4 Å². The molecule has 1 fully saturated rings. The monoisotopic (exact) mass is 365 g/mol. The average Bonchev–Trinajstić information content (AvgIpc) is 3.57.